The summed E-state index contributed by atoms with van der Waals surface area (Å²) < 4.78 is 14.9. The van der Waals surface area contributed by atoms with Gasteiger partial charge >= 0.3 is 0 Å². The molecule has 1 aliphatic rings. The molecule has 0 fully saturated rings. The first-order valence-corrected chi connectivity index (χ1v) is 8.89. The number of hydrogen-bond donors (Lipinski definition) is 2. The van der Waals surface area contributed by atoms with Crippen molar-refractivity contribution >= 4 is 17.6 Å². The Hall–Kier alpha value is -3.10. The van der Waals surface area contributed by atoms with Crippen LogP contribution in [0.2, 0.25) is 0 Å². The summed E-state index contributed by atoms with van der Waals surface area (Å²) in [4.78, 5) is 21.7. The van der Waals surface area contributed by atoms with E-state index in [2.05, 4.69) is 37.5 Å². The van der Waals surface area contributed by atoms with Crippen LogP contribution in [0.3, 0.4) is 0 Å². The summed E-state index contributed by atoms with van der Waals surface area (Å²) in [6.07, 6.45) is 7.92. The number of hydrogen-bond acceptors (Lipinski definition) is 7. The van der Waals surface area contributed by atoms with Gasteiger partial charge in [-0.3, -0.25) is 0 Å². The minimum absolute atomic E-state index is 0.261. The fourth-order valence-electron chi connectivity index (χ4n) is 3.22. The lowest BCUT2D eigenvalue weighted by Crippen LogP contribution is -2.15. The van der Waals surface area contributed by atoms with Crippen LogP contribution in [0.5, 0.6) is 0 Å². The fraction of sp³-hybridized carbons (Fsp3) is 0.389. The highest BCUT2D eigenvalue weighted by Crippen LogP contribution is 2.36. The lowest BCUT2D eigenvalue weighted by molar-refractivity contribution is 0.604. The Kier molecular flexibility index (Phi) is 4.43. The lowest BCUT2D eigenvalue weighted by Gasteiger charge is -2.16. The van der Waals surface area contributed by atoms with Crippen molar-refractivity contribution in [1.29, 1.82) is 0 Å². The number of aromatic nitrogens is 6. The van der Waals surface area contributed by atoms with Gasteiger partial charge in [0.1, 0.15) is 17.5 Å². The molecule has 2 N–H and O–H groups in total. The molecular weight excluding hydrogens is 347 g/mol. The summed E-state index contributed by atoms with van der Waals surface area (Å²) in [6, 6.07) is -0.261. The van der Waals surface area contributed by atoms with Crippen LogP contribution in [-0.2, 0) is 13.5 Å². The van der Waals surface area contributed by atoms with Gasteiger partial charge in [-0.2, -0.15) is 4.98 Å². The Morgan fingerprint density at radius 3 is 2.70 bits per heavy atom. The Balaban J connectivity index is 1.63. The average molecular weight is 368 g/mol. The molecule has 1 aliphatic carbocycles. The van der Waals surface area contributed by atoms with Crippen LogP contribution in [0, 0.1) is 5.82 Å². The van der Waals surface area contributed by atoms with Crippen LogP contribution in [0.4, 0.5) is 22.0 Å². The van der Waals surface area contributed by atoms with Gasteiger partial charge in [0.25, 0.3) is 0 Å². The average Bonchev–Trinajstić information content (AvgIpc) is 3.22. The molecule has 0 aromatic carbocycles. The zero-order valence-corrected chi connectivity index (χ0v) is 15.4. The number of nitrogens with one attached hydrogen (secondary N) is 2. The molecular formula is C18H21FN8. The Morgan fingerprint density at radius 2 is 2.00 bits per heavy atom. The minimum atomic E-state index is -0.463. The van der Waals surface area contributed by atoms with Crippen molar-refractivity contribution in [2.45, 2.75) is 38.6 Å². The summed E-state index contributed by atoms with van der Waals surface area (Å²) >= 11 is 0. The molecule has 3 heterocycles. The Morgan fingerprint density at radius 1 is 1.22 bits per heavy atom. The topological polar surface area (TPSA) is 93.4 Å². The van der Waals surface area contributed by atoms with E-state index in [1.807, 2.05) is 24.7 Å². The van der Waals surface area contributed by atoms with E-state index in [0.717, 1.165) is 48.1 Å². The molecule has 0 saturated carbocycles. The van der Waals surface area contributed by atoms with E-state index in [0.29, 0.717) is 17.7 Å². The molecule has 3 aromatic rings. The van der Waals surface area contributed by atoms with Gasteiger partial charge in [0, 0.05) is 18.8 Å². The van der Waals surface area contributed by atoms with E-state index in [9.17, 15) is 4.39 Å². The molecule has 8 nitrogen and oxygen atoms in total. The number of imidazole rings is 1. The summed E-state index contributed by atoms with van der Waals surface area (Å²) in [5, 5.41) is 6.53. The van der Waals surface area contributed by atoms with Gasteiger partial charge in [-0.05, 0) is 25.7 Å². The highest BCUT2D eigenvalue weighted by Gasteiger charge is 2.26. The molecule has 0 bridgehead atoms. The maximum absolute atomic E-state index is 13.0. The first kappa shape index (κ1) is 17.3. The van der Waals surface area contributed by atoms with E-state index in [1.54, 1.807) is 6.33 Å². The van der Waals surface area contributed by atoms with Crippen molar-refractivity contribution in [2.24, 2.45) is 7.05 Å². The maximum Gasteiger partial charge on any atom is 0.225 e. The first-order chi connectivity index (χ1) is 13.0. The van der Waals surface area contributed by atoms with Gasteiger partial charge in [-0.25, -0.2) is 24.3 Å². The monoisotopic (exact) mass is 368 g/mol. The van der Waals surface area contributed by atoms with Crippen LogP contribution >= 0.6 is 0 Å². The molecule has 9 heteroatoms. The van der Waals surface area contributed by atoms with Crippen molar-refractivity contribution in [3.05, 3.63) is 47.8 Å². The van der Waals surface area contributed by atoms with E-state index in [-0.39, 0.29) is 6.04 Å². The van der Waals surface area contributed by atoms with Gasteiger partial charge in [0.15, 0.2) is 5.82 Å². The fourth-order valence-corrected chi connectivity index (χ4v) is 3.22. The smallest absolute Gasteiger partial charge is 0.225 e. The maximum atomic E-state index is 13.0. The minimum Gasteiger partial charge on any atom is -0.344 e. The second-order valence-electron chi connectivity index (χ2n) is 6.87. The summed E-state index contributed by atoms with van der Waals surface area (Å²) in [7, 11) is 1.92. The number of halogens is 1. The lowest BCUT2D eigenvalue weighted by atomic mass is 10.1. The number of aryl methyl sites for hydroxylation is 1. The van der Waals surface area contributed by atoms with Gasteiger partial charge < -0.3 is 15.2 Å². The molecule has 3 aromatic heterocycles. The molecule has 140 valence electrons. The van der Waals surface area contributed by atoms with Crippen LogP contribution in [0.25, 0.3) is 0 Å². The predicted octanol–water partition coefficient (Wildman–Crippen LogP) is 3.11. The highest BCUT2D eigenvalue weighted by atomic mass is 19.1. The molecule has 0 saturated heterocycles. The Bertz CT molecular complexity index is 952. The molecule has 2 unspecified atom stereocenters. The van der Waals surface area contributed by atoms with Crippen molar-refractivity contribution in [3.8, 4) is 0 Å². The van der Waals surface area contributed by atoms with Crippen molar-refractivity contribution < 1.29 is 4.39 Å². The number of rotatable bonds is 5. The van der Waals surface area contributed by atoms with E-state index in [4.69, 9.17) is 4.98 Å². The van der Waals surface area contributed by atoms with Crippen molar-refractivity contribution in [3.63, 3.8) is 0 Å². The van der Waals surface area contributed by atoms with Gasteiger partial charge in [0.05, 0.1) is 30.5 Å². The molecule has 27 heavy (non-hydrogen) atoms. The van der Waals surface area contributed by atoms with Gasteiger partial charge in [-0.1, -0.05) is 6.92 Å². The molecule has 0 spiro atoms. The zero-order chi connectivity index (χ0) is 19.0. The van der Waals surface area contributed by atoms with Gasteiger partial charge in [-0.15, -0.1) is 0 Å². The molecule has 0 amide bonds. The SMILES string of the molecule is CC1CCc2c(Nc3cn(C)cn3)nc(NC(C)c3ncc(F)cn3)nc21. The number of anilines is 3. The van der Waals surface area contributed by atoms with Crippen LogP contribution < -0.4 is 10.6 Å². The van der Waals surface area contributed by atoms with Crippen LogP contribution in [-0.4, -0.2) is 29.5 Å². The zero-order valence-electron chi connectivity index (χ0n) is 15.4. The molecule has 4 rings (SSSR count). The molecule has 0 radical (unpaired) electrons. The standard InChI is InChI=1S/C18H21FN8/c1-10-4-5-13-15(10)25-18(23-11(2)16-20-6-12(19)7-21-16)26-17(13)24-14-8-27(3)9-22-14/h6-11H,4-5H2,1-3H3,(H2,23,24,25,26). The van der Waals surface area contributed by atoms with Crippen LogP contribution in [0.1, 0.15) is 49.3 Å². The van der Waals surface area contributed by atoms with Crippen LogP contribution in [0.15, 0.2) is 24.9 Å². The quantitative estimate of drug-likeness (QED) is 0.715. The summed E-state index contributed by atoms with van der Waals surface area (Å²) in [5.41, 5.74) is 2.17. The summed E-state index contributed by atoms with van der Waals surface area (Å²) in [6.45, 7) is 4.05. The van der Waals surface area contributed by atoms with E-state index < -0.39 is 5.82 Å². The molecule has 0 aliphatic heterocycles. The van der Waals surface area contributed by atoms with Crippen molar-refractivity contribution in [1.82, 2.24) is 29.5 Å². The second-order valence-corrected chi connectivity index (χ2v) is 6.87. The number of fused-ring (bicyclic) bond motifs is 1. The van der Waals surface area contributed by atoms with E-state index >= 15 is 0 Å². The Labute approximate surface area is 156 Å². The second kappa shape index (κ2) is 6.90. The molecule has 2 atom stereocenters. The third kappa shape index (κ3) is 3.57. The largest absolute Gasteiger partial charge is 0.344 e. The predicted molar refractivity (Wildman–Crippen MR) is 99.3 cm³/mol. The first-order valence-electron chi connectivity index (χ1n) is 8.89. The normalized spacial score (nSPS) is 16.8. The van der Waals surface area contributed by atoms with Crippen molar-refractivity contribution in [2.75, 3.05) is 10.6 Å². The third-order valence-corrected chi connectivity index (χ3v) is 4.66. The summed E-state index contributed by atoms with van der Waals surface area (Å²) in [5.74, 6) is 2.37. The third-order valence-electron chi connectivity index (χ3n) is 4.66. The number of nitrogens with zero attached hydrogens (tertiary/aromatic N) is 6. The highest BCUT2D eigenvalue weighted by molar-refractivity contribution is 5.60. The van der Waals surface area contributed by atoms with Gasteiger partial charge in [0.2, 0.25) is 5.95 Å². The van der Waals surface area contributed by atoms with E-state index in [1.165, 1.54) is 0 Å².